The Bertz CT molecular complexity index is 527. The highest BCUT2D eigenvalue weighted by atomic mass is 32.2. The first kappa shape index (κ1) is 17.1. The van der Waals surface area contributed by atoms with Crippen LogP contribution in [0.4, 0.5) is 0 Å². The molecule has 1 aromatic rings. The van der Waals surface area contributed by atoms with Gasteiger partial charge in [-0.2, -0.15) is 5.10 Å². The molecule has 0 amide bonds. The van der Waals surface area contributed by atoms with Gasteiger partial charge in [0.25, 0.3) is 0 Å². The van der Waals surface area contributed by atoms with E-state index in [4.69, 9.17) is 0 Å². The second kappa shape index (κ2) is 6.69. The molecule has 0 spiro atoms. The molecule has 1 heterocycles. The number of rotatable bonds is 7. The van der Waals surface area contributed by atoms with Gasteiger partial charge in [-0.15, -0.1) is 0 Å². The van der Waals surface area contributed by atoms with Crippen molar-refractivity contribution in [1.82, 2.24) is 14.9 Å². The number of hydrogen-bond donors (Lipinski definition) is 3. The van der Waals surface area contributed by atoms with Gasteiger partial charge in [-0.05, 0) is 24.7 Å². The second-order valence-electron chi connectivity index (χ2n) is 5.79. The Kier molecular flexibility index (Phi) is 5.73. The van der Waals surface area contributed by atoms with Crippen molar-refractivity contribution in [3.63, 3.8) is 0 Å². The number of H-pyrrole nitrogens is 1. The molecule has 0 aliphatic rings. The Balaban J connectivity index is 2.93. The van der Waals surface area contributed by atoms with Crippen LogP contribution in [0.5, 0.6) is 0 Å². The van der Waals surface area contributed by atoms with Crippen LogP contribution in [-0.2, 0) is 16.6 Å². The van der Waals surface area contributed by atoms with E-state index in [2.05, 4.69) is 42.6 Å². The van der Waals surface area contributed by atoms with Gasteiger partial charge in [-0.25, -0.2) is 13.1 Å². The standard InChI is InChI=1S/C13H25N3O3S/c1-8(2)11(9(3)4)6-14-20(18,19)13-10(5)15-16-12(13)7-17/h8-9,11,14,17H,6-7H2,1-5H3,(H,15,16). The predicted octanol–water partition coefficient (Wildman–Crippen LogP) is 1.42. The van der Waals surface area contributed by atoms with Gasteiger partial charge in [0.05, 0.1) is 12.3 Å². The lowest BCUT2D eigenvalue weighted by Crippen LogP contribution is -2.34. The summed E-state index contributed by atoms with van der Waals surface area (Å²) in [6, 6.07) is 0. The van der Waals surface area contributed by atoms with E-state index >= 15 is 0 Å². The number of aromatic nitrogens is 2. The molecule has 20 heavy (non-hydrogen) atoms. The van der Waals surface area contributed by atoms with Crippen molar-refractivity contribution in [1.29, 1.82) is 0 Å². The maximum Gasteiger partial charge on any atom is 0.244 e. The summed E-state index contributed by atoms with van der Waals surface area (Å²) in [5.41, 5.74) is 0.591. The van der Waals surface area contributed by atoms with Crippen molar-refractivity contribution in [3.05, 3.63) is 11.4 Å². The van der Waals surface area contributed by atoms with Gasteiger partial charge in [0, 0.05) is 6.54 Å². The second-order valence-corrected chi connectivity index (χ2v) is 7.49. The zero-order valence-electron chi connectivity index (χ0n) is 12.8. The third-order valence-corrected chi connectivity index (χ3v) is 5.23. The van der Waals surface area contributed by atoms with E-state index in [9.17, 15) is 13.5 Å². The summed E-state index contributed by atoms with van der Waals surface area (Å²) < 4.78 is 27.4. The van der Waals surface area contributed by atoms with Gasteiger partial charge in [-0.3, -0.25) is 5.10 Å². The van der Waals surface area contributed by atoms with E-state index in [0.717, 1.165) is 0 Å². The molecule has 7 heteroatoms. The molecule has 0 aromatic carbocycles. The van der Waals surface area contributed by atoms with Crippen molar-refractivity contribution in [2.75, 3.05) is 6.54 Å². The summed E-state index contributed by atoms with van der Waals surface area (Å²) in [4.78, 5) is 0.0614. The zero-order chi connectivity index (χ0) is 15.5. The first-order chi connectivity index (χ1) is 9.20. The van der Waals surface area contributed by atoms with Gasteiger partial charge in [0.15, 0.2) is 0 Å². The summed E-state index contributed by atoms with van der Waals surface area (Å²) in [5.74, 6) is 1.04. The lowest BCUT2D eigenvalue weighted by molar-refractivity contribution is 0.273. The molecule has 0 saturated heterocycles. The van der Waals surface area contributed by atoms with Crippen LogP contribution in [0, 0.1) is 24.7 Å². The number of aromatic amines is 1. The largest absolute Gasteiger partial charge is 0.390 e. The fourth-order valence-electron chi connectivity index (χ4n) is 2.45. The summed E-state index contributed by atoms with van der Waals surface area (Å²) >= 11 is 0. The molecule has 0 fully saturated rings. The van der Waals surface area contributed by atoms with Crippen LogP contribution in [-0.4, -0.2) is 30.3 Å². The molecule has 6 nitrogen and oxygen atoms in total. The first-order valence-electron chi connectivity index (χ1n) is 6.85. The van der Waals surface area contributed by atoms with Gasteiger partial charge < -0.3 is 5.11 Å². The Morgan fingerprint density at radius 3 is 2.25 bits per heavy atom. The third-order valence-electron chi connectivity index (χ3n) is 3.60. The van der Waals surface area contributed by atoms with E-state index < -0.39 is 16.6 Å². The molecule has 0 unspecified atom stereocenters. The number of hydrogen-bond acceptors (Lipinski definition) is 4. The highest BCUT2D eigenvalue weighted by molar-refractivity contribution is 7.89. The van der Waals surface area contributed by atoms with Gasteiger partial charge in [0.1, 0.15) is 10.6 Å². The molecular formula is C13H25N3O3S. The summed E-state index contributed by atoms with van der Waals surface area (Å²) in [7, 11) is -3.66. The molecule has 3 N–H and O–H groups in total. The molecular weight excluding hydrogens is 278 g/mol. The van der Waals surface area contributed by atoms with E-state index in [1.54, 1.807) is 6.92 Å². The molecule has 0 aliphatic carbocycles. The topological polar surface area (TPSA) is 95.1 Å². The average Bonchev–Trinajstić information content (AvgIpc) is 2.70. The number of sulfonamides is 1. The number of nitrogens with zero attached hydrogens (tertiary/aromatic N) is 1. The monoisotopic (exact) mass is 303 g/mol. The van der Waals surface area contributed by atoms with Crippen molar-refractivity contribution < 1.29 is 13.5 Å². The minimum Gasteiger partial charge on any atom is -0.390 e. The maximum absolute atomic E-state index is 12.4. The highest BCUT2D eigenvalue weighted by Gasteiger charge is 2.26. The van der Waals surface area contributed by atoms with Crippen LogP contribution in [0.3, 0.4) is 0 Å². The van der Waals surface area contributed by atoms with E-state index in [1.165, 1.54) is 0 Å². The quantitative estimate of drug-likeness (QED) is 0.710. The Morgan fingerprint density at radius 1 is 1.25 bits per heavy atom. The number of aliphatic hydroxyl groups excluding tert-OH is 1. The predicted molar refractivity (Wildman–Crippen MR) is 77.6 cm³/mol. The maximum atomic E-state index is 12.4. The first-order valence-corrected chi connectivity index (χ1v) is 8.33. The minimum absolute atomic E-state index is 0.0614. The molecule has 1 rings (SSSR count). The normalized spacial score (nSPS) is 12.8. The molecule has 116 valence electrons. The third kappa shape index (κ3) is 3.80. The van der Waals surface area contributed by atoms with E-state index in [1.807, 2.05) is 0 Å². The molecule has 0 saturated carbocycles. The lowest BCUT2D eigenvalue weighted by atomic mass is 9.86. The number of nitrogens with one attached hydrogen (secondary N) is 2. The number of aryl methyl sites for hydroxylation is 1. The summed E-state index contributed by atoms with van der Waals surface area (Å²) in [6.45, 7) is 9.94. The molecule has 0 radical (unpaired) electrons. The fourth-order valence-corrected chi connectivity index (χ4v) is 3.88. The minimum atomic E-state index is -3.66. The average molecular weight is 303 g/mol. The van der Waals surface area contributed by atoms with Crippen molar-refractivity contribution in [2.24, 2.45) is 17.8 Å². The van der Waals surface area contributed by atoms with E-state index in [-0.39, 0.29) is 16.5 Å². The van der Waals surface area contributed by atoms with Crippen molar-refractivity contribution in [3.8, 4) is 0 Å². The fraction of sp³-hybridized carbons (Fsp3) is 0.769. The SMILES string of the molecule is Cc1[nH]nc(CO)c1S(=O)(=O)NCC(C(C)C)C(C)C. The summed E-state index contributed by atoms with van der Waals surface area (Å²) in [5, 5.41) is 15.6. The molecule has 0 aliphatic heterocycles. The smallest absolute Gasteiger partial charge is 0.244 e. The Labute approximate surface area is 121 Å². The van der Waals surface area contributed by atoms with Gasteiger partial charge >= 0.3 is 0 Å². The molecule has 1 aromatic heterocycles. The van der Waals surface area contributed by atoms with E-state index in [0.29, 0.717) is 24.1 Å². The Hall–Kier alpha value is -0.920. The molecule has 0 atom stereocenters. The van der Waals surface area contributed by atoms with Crippen LogP contribution in [0.2, 0.25) is 0 Å². The lowest BCUT2D eigenvalue weighted by Gasteiger charge is -2.25. The van der Waals surface area contributed by atoms with Crippen molar-refractivity contribution >= 4 is 10.0 Å². The van der Waals surface area contributed by atoms with Crippen molar-refractivity contribution in [2.45, 2.75) is 46.1 Å². The van der Waals surface area contributed by atoms with Crippen LogP contribution < -0.4 is 4.72 Å². The van der Waals surface area contributed by atoms with Crippen LogP contribution in [0.25, 0.3) is 0 Å². The van der Waals surface area contributed by atoms with Gasteiger partial charge in [-0.1, -0.05) is 27.7 Å². The summed E-state index contributed by atoms with van der Waals surface area (Å²) in [6.07, 6.45) is 0. The van der Waals surface area contributed by atoms with Crippen LogP contribution in [0.1, 0.15) is 39.1 Å². The number of aliphatic hydroxyl groups is 1. The van der Waals surface area contributed by atoms with Crippen LogP contribution in [0.15, 0.2) is 4.90 Å². The van der Waals surface area contributed by atoms with Gasteiger partial charge in [0.2, 0.25) is 10.0 Å². The zero-order valence-corrected chi connectivity index (χ0v) is 13.6. The molecule has 0 bridgehead atoms. The van der Waals surface area contributed by atoms with Crippen LogP contribution >= 0.6 is 0 Å². The Morgan fingerprint density at radius 2 is 1.80 bits per heavy atom. The highest BCUT2D eigenvalue weighted by Crippen LogP contribution is 2.22.